The molecule has 0 unspecified atom stereocenters. The number of halogens is 5. The Morgan fingerprint density at radius 2 is 1.87 bits per heavy atom. The van der Waals surface area contributed by atoms with Gasteiger partial charge in [-0.25, -0.2) is 9.78 Å². The van der Waals surface area contributed by atoms with Crippen molar-refractivity contribution in [1.29, 1.82) is 0 Å². The third-order valence-electron chi connectivity index (χ3n) is 6.26. The highest BCUT2D eigenvalue weighted by Gasteiger charge is 2.59. The molecule has 0 saturated carbocycles. The lowest BCUT2D eigenvalue weighted by molar-refractivity contribution is -0.274. The first-order valence-corrected chi connectivity index (χ1v) is 11.7. The average molecular weight is 571 g/mol. The number of carbonyl (C=O) groups is 2. The van der Waals surface area contributed by atoms with Crippen molar-refractivity contribution in [2.45, 2.75) is 24.6 Å². The molecule has 8 nitrogen and oxygen atoms in total. The summed E-state index contributed by atoms with van der Waals surface area (Å²) in [6.07, 6.45) is -4.14. The van der Waals surface area contributed by atoms with Crippen molar-refractivity contribution < 1.29 is 42.4 Å². The van der Waals surface area contributed by atoms with Crippen LogP contribution in [-0.2, 0) is 10.4 Å². The summed E-state index contributed by atoms with van der Waals surface area (Å²) in [5.41, 5.74) is -4.09. The van der Waals surface area contributed by atoms with Gasteiger partial charge in [0.1, 0.15) is 11.5 Å². The molecule has 38 heavy (non-hydrogen) atoms. The molecule has 200 valence electrons. The molecule has 3 aromatic rings. The molecule has 1 aliphatic rings. The number of carboxylic acids is 1. The zero-order chi connectivity index (χ0) is 28.0. The first kappa shape index (κ1) is 27.5. The zero-order valence-corrected chi connectivity index (χ0v) is 21.2. The number of carbonyl (C=O) groups excluding carboxylic acids is 1. The van der Waals surface area contributed by atoms with E-state index in [-0.39, 0.29) is 50.8 Å². The molecule has 0 radical (unpaired) electrons. The number of aromatic nitrogens is 1. The van der Waals surface area contributed by atoms with Crippen LogP contribution in [0.1, 0.15) is 34.3 Å². The molecule has 0 bridgehead atoms. The van der Waals surface area contributed by atoms with E-state index in [2.05, 4.69) is 4.98 Å². The van der Waals surface area contributed by atoms with Crippen LogP contribution in [0.4, 0.5) is 18.9 Å². The van der Waals surface area contributed by atoms with E-state index in [1.54, 1.807) is 0 Å². The fourth-order valence-corrected chi connectivity index (χ4v) is 4.62. The predicted molar refractivity (Wildman–Crippen MR) is 131 cm³/mol. The third-order valence-corrected chi connectivity index (χ3v) is 6.90. The lowest BCUT2D eigenvalue weighted by Gasteiger charge is -2.38. The van der Waals surface area contributed by atoms with Gasteiger partial charge < -0.3 is 24.6 Å². The van der Waals surface area contributed by atoms with Crippen LogP contribution in [0.15, 0.2) is 48.7 Å². The van der Waals surface area contributed by atoms with Crippen molar-refractivity contribution >= 4 is 40.8 Å². The van der Waals surface area contributed by atoms with Gasteiger partial charge in [0.25, 0.3) is 5.91 Å². The van der Waals surface area contributed by atoms with Crippen LogP contribution in [0, 0.1) is 0 Å². The normalized spacial score (nSPS) is 15.8. The lowest BCUT2D eigenvalue weighted by Crippen LogP contribution is -2.47. The molecule has 2 N–H and O–H groups in total. The van der Waals surface area contributed by atoms with Gasteiger partial charge in [0.2, 0.25) is 5.88 Å². The molecular weight excluding hydrogens is 552 g/mol. The minimum atomic E-state index is -5.14. The maximum Gasteiger partial charge on any atom is 0.422 e. The molecule has 4 rings (SSSR count). The van der Waals surface area contributed by atoms with E-state index in [0.717, 1.165) is 23.2 Å². The molecule has 1 aliphatic heterocycles. The zero-order valence-electron chi connectivity index (χ0n) is 19.7. The number of aromatic carboxylic acids is 1. The minimum absolute atomic E-state index is 0.0375. The summed E-state index contributed by atoms with van der Waals surface area (Å²) >= 11 is 12.2. The Morgan fingerprint density at radius 1 is 1.16 bits per heavy atom. The second-order valence-electron chi connectivity index (χ2n) is 8.50. The number of benzene rings is 2. The summed E-state index contributed by atoms with van der Waals surface area (Å²) in [4.78, 5) is 28.1. The van der Waals surface area contributed by atoms with E-state index in [1.165, 1.54) is 44.3 Å². The summed E-state index contributed by atoms with van der Waals surface area (Å²) in [6, 6.07) is 8.42. The van der Waals surface area contributed by atoms with Gasteiger partial charge in [-0.3, -0.25) is 4.79 Å². The quantitative estimate of drug-likeness (QED) is 0.386. The second kappa shape index (κ2) is 9.97. The molecule has 0 aliphatic carbocycles. The Balaban J connectivity index is 1.69. The minimum Gasteiger partial charge on any atom is -0.482 e. The number of hydrogen-bond donors (Lipinski definition) is 2. The van der Waals surface area contributed by atoms with Crippen LogP contribution in [0.3, 0.4) is 0 Å². The van der Waals surface area contributed by atoms with E-state index in [9.17, 15) is 27.9 Å². The molecule has 0 saturated heterocycles. The van der Waals surface area contributed by atoms with Crippen LogP contribution >= 0.6 is 23.2 Å². The number of fused-ring (bicyclic) bond motifs is 1. The Hall–Kier alpha value is -3.54. The summed E-state index contributed by atoms with van der Waals surface area (Å²) in [5, 5.41) is 20.0. The number of likely N-dealkylation sites (N-methyl/N-ethyl adjacent to an activating group) is 1. The van der Waals surface area contributed by atoms with Crippen molar-refractivity contribution in [3.8, 4) is 17.4 Å². The van der Waals surface area contributed by atoms with Gasteiger partial charge in [-0.15, -0.1) is 0 Å². The number of carboxylic acid groups (broad SMARTS) is 1. The second-order valence-corrected chi connectivity index (χ2v) is 9.32. The highest BCUT2D eigenvalue weighted by Crippen LogP contribution is 2.51. The molecule has 0 spiro atoms. The molecule has 1 amide bonds. The standard InChI is InChI=1S/C25H19Cl2F3N2O6/c1-12(15-5-4-14(8-17(15)26)38-21-9-18(27)16(10-31-21)23(34)35)24(36,25(28,29)30)13-3-6-20-19(7-13)32(2)22(33)11-37-20/h3-10,12,36H,11H2,1-2H3,(H,34,35)/t12-,24-/m1/s1. The highest BCUT2D eigenvalue weighted by molar-refractivity contribution is 6.33. The van der Waals surface area contributed by atoms with Gasteiger partial charge in [-0.1, -0.05) is 42.3 Å². The number of ether oxygens (including phenoxy) is 2. The van der Waals surface area contributed by atoms with Gasteiger partial charge in [0.15, 0.2) is 12.2 Å². The Labute approximate surface area is 224 Å². The van der Waals surface area contributed by atoms with E-state index in [0.29, 0.717) is 0 Å². The smallest absolute Gasteiger partial charge is 0.422 e. The van der Waals surface area contributed by atoms with E-state index in [4.69, 9.17) is 37.8 Å². The van der Waals surface area contributed by atoms with Gasteiger partial charge in [0.05, 0.1) is 16.3 Å². The van der Waals surface area contributed by atoms with Gasteiger partial charge in [0, 0.05) is 30.3 Å². The van der Waals surface area contributed by atoms with Crippen LogP contribution in [0.2, 0.25) is 10.0 Å². The topological polar surface area (TPSA) is 109 Å². The highest BCUT2D eigenvalue weighted by atomic mass is 35.5. The van der Waals surface area contributed by atoms with E-state index < -0.39 is 35.1 Å². The fourth-order valence-electron chi connectivity index (χ4n) is 4.06. The number of rotatable bonds is 6. The van der Waals surface area contributed by atoms with Crippen molar-refractivity contribution in [3.63, 3.8) is 0 Å². The van der Waals surface area contributed by atoms with Crippen molar-refractivity contribution in [2.24, 2.45) is 0 Å². The van der Waals surface area contributed by atoms with E-state index >= 15 is 0 Å². The van der Waals surface area contributed by atoms with E-state index in [1.807, 2.05) is 0 Å². The monoisotopic (exact) mass is 570 g/mol. The Morgan fingerprint density at radius 3 is 2.47 bits per heavy atom. The first-order chi connectivity index (χ1) is 17.7. The molecule has 13 heteroatoms. The molecule has 2 atom stereocenters. The summed E-state index contributed by atoms with van der Waals surface area (Å²) in [6.45, 7) is 0.921. The van der Waals surface area contributed by atoms with Crippen LogP contribution in [0.25, 0.3) is 0 Å². The number of pyridine rings is 1. The number of nitrogens with zero attached hydrogens (tertiary/aromatic N) is 2. The number of alkyl halides is 3. The largest absolute Gasteiger partial charge is 0.482 e. The van der Waals surface area contributed by atoms with Gasteiger partial charge in [-0.2, -0.15) is 13.2 Å². The molecule has 1 aromatic heterocycles. The number of hydrogen-bond acceptors (Lipinski definition) is 6. The number of anilines is 1. The molecule has 2 heterocycles. The Kier molecular flexibility index (Phi) is 7.21. The first-order valence-electron chi connectivity index (χ1n) is 10.9. The van der Waals surface area contributed by atoms with Crippen LogP contribution in [-0.4, -0.2) is 46.9 Å². The van der Waals surface area contributed by atoms with Crippen molar-refractivity contribution in [2.75, 3.05) is 18.6 Å². The molecular formula is C25H19Cl2F3N2O6. The summed E-state index contributed by atoms with van der Waals surface area (Å²) in [7, 11) is 1.40. The molecule has 0 fully saturated rings. The van der Waals surface area contributed by atoms with Crippen LogP contribution in [0.5, 0.6) is 17.4 Å². The third kappa shape index (κ3) is 4.84. The predicted octanol–water partition coefficient (Wildman–Crippen LogP) is 5.79. The van der Waals surface area contributed by atoms with Crippen molar-refractivity contribution in [1.82, 2.24) is 4.98 Å². The fraction of sp³-hybridized carbons (Fsp3) is 0.240. The van der Waals surface area contributed by atoms with Crippen molar-refractivity contribution in [3.05, 3.63) is 75.4 Å². The summed E-state index contributed by atoms with van der Waals surface area (Å²) in [5.74, 6) is -3.12. The summed E-state index contributed by atoms with van der Waals surface area (Å²) < 4.78 is 54.2. The average Bonchev–Trinajstić information content (AvgIpc) is 2.84. The number of aliphatic hydroxyl groups is 1. The van der Waals surface area contributed by atoms with Gasteiger partial charge >= 0.3 is 12.1 Å². The number of amides is 1. The lowest BCUT2D eigenvalue weighted by atomic mass is 9.77. The maximum atomic E-state index is 14.5. The SMILES string of the molecule is C[C@H](c1ccc(Oc2cc(Cl)c(C(=O)O)cn2)cc1Cl)[C@@](O)(c1ccc2c(c1)N(C)C(=O)CO2)C(F)(F)F. The molecule has 2 aromatic carbocycles. The van der Waals surface area contributed by atoms with Gasteiger partial charge in [-0.05, 0) is 35.4 Å². The Bertz CT molecular complexity index is 1430. The van der Waals surface area contributed by atoms with Crippen LogP contribution < -0.4 is 14.4 Å². The maximum absolute atomic E-state index is 14.5.